The van der Waals surface area contributed by atoms with Crippen LogP contribution in [0.25, 0.3) is 16.8 Å². The van der Waals surface area contributed by atoms with Crippen molar-refractivity contribution in [3.63, 3.8) is 0 Å². The predicted octanol–water partition coefficient (Wildman–Crippen LogP) is 6.39. The summed E-state index contributed by atoms with van der Waals surface area (Å²) in [6, 6.07) is 17.5. The average Bonchev–Trinajstić information content (AvgIpc) is 2.94. The molecule has 0 radical (unpaired) electrons. The van der Waals surface area contributed by atoms with E-state index in [2.05, 4.69) is 12.1 Å². The summed E-state index contributed by atoms with van der Waals surface area (Å²) in [5.41, 5.74) is 1.62. The molecule has 1 heterocycles. The monoisotopic (exact) mass is 443 g/mol. The van der Waals surface area contributed by atoms with Crippen LogP contribution in [0.5, 0.6) is 5.75 Å². The van der Waals surface area contributed by atoms with E-state index in [-0.39, 0.29) is 11.1 Å². The molecule has 1 aliphatic heterocycles. The number of halogens is 2. The lowest BCUT2D eigenvalue weighted by atomic mass is 10.1. The van der Waals surface area contributed by atoms with Crippen LogP contribution in [-0.2, 0) is 11.4 Å². The molecular formula is C22H15Cl2NO3S. The van der Waals surface area contributed by atoms with Crippen LogP contribution in [-0.4, -0.2) is 23.1 Å². The Labute approximate surface area is 182 Å². The van der Waals surface area contributed by atoms with E-state index in [1.807, 2.05) is 30.3 Å². The third-order valence-electron chi connectivity index (χ3n) is 4.50. The molecule has 1 aliphatic rings. The van der Waals surface area contributed by atoms with E-state index in [1.54, 1.807) is 18.2 Å². The van der Waals surface area contributed by atoms with Crippen molar-refractivity contribution in [2.24, 2.45) is 0 Å². The summed E-state index contributed by atoms with van der Waals surface area (Å²) in [4.78, 5) is 25.1. The number of nitrogens with zero attached hydrogens (tertiary/aromatic N) is 1. The summed E-state index contributed by atoms with van der Waals surface area (Å²) in [6.07, 6.45) is 1.60. The standard InChI is InChI=1S/C22H15Cl2NO3S/c1-25-21(26)19(29-22(25)27)11-14-9-17(23)20(18(24)10-14)28-12-13-6-7-15-4-2-3-5-16(15)8-13/h2-11H,12H2,1H3/b19-11-. The van der Waals surface area contributed by atoms with Crippen molar-refractivity contribution in [2.75, 3.05) is 7.05 Å². The Hall–Kier alpha value is -2.47. The van der Waals surface area contributed by atoms with Crippen molar-refractivity contribution in [1.82, 2.24) is 4.90 Å². The molecule has 0 spiro atoms. The van der Waals surface area contributed by atoms with Crippen molar-refractivity contribution in [2.45, 2.75) is 6.61 Å². The van der Waals surface area contributed by atoms with Crippen LogP contribution in [0.1, 0.15) is 11.1 Å². The lowest BCUT2D eigenvalue weighted by Gasteiger charge is -2.12. The Bertz CT molecular complexity index is 1150. The minimum atomic E-state index is -0.344. The van der Waals surface area contributed by atoms with Gasteiger partial charge in [0.1, 0.15) is 6.61 Å². The highest BCUT2D eigenvalue weighted by Gasteiger charge is 2.31. The van der Waals surface area contributed by atoms with Crippen molar-refractivity contribution >= 4 is 63.0 Å². The minimum absolute atomic E-state index is 0.311. The highest BCUT2D eigenvalue weighted by atomic mass is 35.5. The second-order valence-electron chi connectivity index (χ2n) is 6.52. The number of likely N-dealkylation sites (N-methyl/N-ethyl adjacent to an activating group) is 1. The topological polar surface area (TPSA) is 46.6 Å². The highest BCUT2D eigenvalue weighted by molar-refractivity contribution is 8.18. The summed E-state index contributed by atoms with van der Waals surface area (Å²) in [5, 5.41) is 2.65. The molecule has 146 valence electrons. The van der Waals surface area contributed by atoms with Gasteiger partial charge in [0.15, 0.2) is 5.75 Å². The molecule has 29 heavy (non-hydrogen) atoms. The van der Waals surface area contributed by atoms with Gasteiger partial charge in [-0.25, -0.2) is 0 Å². The largest absolute Gasteiger partial charge is 0.486 e. The van der Waals surface area contributed by atoms with Gasteiger partial charge in [-0.15, -0.1) is 0 Å². The maximum atomic E-state index is 12.0. The molecule has 7 heteroatoms. The molecule has 0 bridgehead atoms. The van der Waals surface area contributed by atoms with Crippen LogP contribution < -0.4 is 4.74 Å². The number of carbonyl (C=O) groups is 2. The first-order valence-electron chi connectivity index (χ1n) is 8.73. The SMILES string of the molecule is CN1C(=O)S/C(=C\c2cc(Cl)c(OCc3ccc4ccccc4c3)c(Cl)c2)C1=O. The molecule has 2 amide bonds. The lowest BCUT2D eigenvalue weighted by molar-refractivity contribution is -0.121. The maximum Gasteiger partial charge on any atom is 0.293 e. The molecule has 1 fully saturated rings. The molecule has 0 N–H and O–H groups in total. The minimum Gasteiger partial charge on any atom is -0.486 e. The zero-order chi connectivity index (χ0) is 20.5. The number of hydrogen-bond acceptors (Lipinski definition) is 4. The van der Waals surface area contributed by atoms with E-state index >= 15 is 0 Å². The Morgan fingerprint density at radius 1 is 1.00 bits per heavy atom. The second kappa shape index (κ2) is 8.11. The van der Waals surface area contributed by atoms with Gasteiger partial charge in [0.2, 0.25) is 0 Å². The van der Waals surface area contributed by atoms with Crippen LogP contribution in [0.3, 0.4) is 0 Å². The number of amides is 2. The van der Waals surface area contributed by atoms with Crippen LogP contribution in [0, 0.1) is 0 Å². The normalized spacial score (nSPS) is 15.6. The quantitative estimate of drug-likeness (QED) is 0.438. The Morgan fingerprint density at radius 3 is 2.34 bits per heavy atom. The second-order valence-corrected chi connectivity index (χ2v) is 8.33. The molecule has 4 nitrogen and oxygen atoms in total. The van der Waals surface area contributed by atoms with Crippen LogP contribution >= 0.6 is 35.0 Å². The molecule has 1 saturated heterocycles. The molecule has 3 aromatic carbocycles. The molecule has 0 aromatic heterocycles. The number of rotatable bonds is 4. The van der Waals surface area contributed by atoms with Gasteiger partial charge >= 0.3 is 0 Å². The number of benzene rings is 3. The zero-order valence-electron chi connectivity index (χ0n) is 15.3. The molecule has 0 saturated carbocycles. The van der Waals surface area contributed by atoms with Crippen molar-refractivity contribution in [3.8, 4) is 5.75 Å². The summed E-state index contributed by atoms with van der Waals surface area (Å²) in [5.74, 6) is 0.0334. The molecule has 0 unspecified atom stereocenters. The van der Waals surface area contributed by atoms with Gasteiger partial charge in [0, 0.05) is 7.05 Å². The summed E-state index contributed by atoms with van der Waals surface area (Å²) in [6.45, 7) is 0.318. The first-order valence-corrected chi connectivity index (χ1v) is 10.3. The average molecular weight is 444 g/mol. The number of ether oxygens (including phenoxy) is 1. The van der Waals surface area contributed by atoms with Gasteiger partial charge in [-0.1, -0.05) is 59.6 Å². The predicted molar refractivity (Wildman–Crippen MR) is 118 cm³/mol. The zero-order valence-corrected chi connectivity index (χ0v) is 17.6. The first-order chi connectivity index (χ1) is 13.9. The van der Waals surface area contributed by atoms with E-state index in [1.165, 1.54) is 7.05 Å². The van der Waals surface area contributed by atoms with Crippen molar-refractivity contribution in [1.29, 1.82) is 0 Å². The van der Waals surface area contributed by atoms with E-state index in [4.69, 9.17) is 27.9 Å². The maximum absolute atomic E-state index is 12.0. The number of thioether (sulfide) groups is 1. The summed E-state index contributed by atoms with van der Waals surface area (Å²) in [7, 11) is 1.45. The van der Waals surface area contributed by atoms with Crippen LogP contribution in [0.15, 0.2) is 59.5 Å². The number of imide groups is 1. The van der Waals surface area contributed by atoms with E-state index in [0.717, 1.165) is 33.0 Å². The Kier molecular flexibility index (Phi) is 5.54. The fraction of sp³-hybridized carbons (Fsp3) is 0.0909. The smallest absolute Gasteiger partial charge is 0.293 e. The molecule has 0 atom stereocenters. The Morgan fingerprint density at radius 2 is 1.69 bits per heavy atom. The molecular weight excluding hydrogens is 429 g/mol. The van der Waals surface area contributed by atoms with Crippen molar-refractivity contribution in [3.05, 3.63) is 80.7 Å². The number of fused-ring (bicyclic) bond motifs is 1. The molecule has 0 aliphatic carbocycles. The van der Waals surface area contributed by atoms with Gasteiger partial charge in [-0.2, -0.15) is 0 Å². The van der Waals surface area contributed by atoms with E-state index in [0.29, 0.717) is 32.9 Å². The summed E-state index contributed by atoms with van der Waals surface area (Å²) >= 11 is 13.6. The van der Waals surface area contributed by atoms with E-state index < -0.39 is 0 Å². The summed E-state index contributed by atoms with van der Waals surface area (Å²) < 4.78 is 5.86. The van der Waals surface area contributed by atoms with Gasteiger partial charge in [-0.05, 0) is 57.9 Å². The first kappa shape index (κ1) is 19.8. The third-order valence-corrected chi connectivity index (χ3v) is 6.02. The fourth-order valence-electron chi connectivity index (χ4n) is 2.98. The van der Waals surface area contributed by atoms with Gasteiger partial charge in [-0.3, -0.25) is 14.5 Å². The Balaban J connectivity index is 1.54. The van der Waals surface area contributed by atoms with Gasteiger partial charge < -0.3 is 4.74 Å². The number of carbonyl (C=O) groups excluding carboxylic acids is 2. The van der Waals surface area contributed by atoms with Crippen LogP contribution in [0.2, 0.25) is 10.0 Å². The fourth-order valence-corrected chi connectivity index (χ4v) is 4.42. The number of hydrogen-bond donors (Lipinski definition) is 0. The van der Waals surface area contributed by atoms with Gasteiger partial charge in [0.05, 0.1) is 15.0 Å². The molecule has 4 rings (SSSR count). The van der Waals surface area contributed by atoms with Gasteiger partial charge in [0.25, 0.3) is 11.1 Å². The van der Waals surface area contributed by atoms with Crippen molar-refractivity contribution < 1.29 is 14.3 Å². The third kappa shape index (κ3) is 4.13. The van der Waals surface area contributed by atoms with E-state index in [9.17, 15) is 9.59 Å². The lowest BCUT2D eigenvalue weighted by Crippen LogP contribution is -2.22. The van der Waals surface area contributed by atoms with Crippen LogP contribution in [0.4, 0.5) is 4.79 Å². The molecule has 3 aromatic rings. The highest BCUT2D eigenvalue weighted by Crippen LogP contribution is 2.37.